The lowest BCUT2D eigenvalue weighted by atomic mass is 9.85. The smallest absolute Gasteiger partial charge is 0.457 e. The fraction of sp³-hybridized carbons (Fsp3) is 0.750. The van der Waals surface area contributed by atoms with Gasteiger partial charge in [-0.1, -0.05) is 6.92 Å². The minimum absolute atomic E-state index is 0.274. The third-order valence-corrected chi connectivity index (χ3v) is 3.34. The van der Waals surface area contributed by atoms with Crippen LogP contribution >= 0.6 is 0 Å². The molecule has 0 bridgehead atoms. The van der Waals surface area contributed by atoms with E-state index < -0.39 is 60.1 Å². The predicted molar refractivity (Wildman–Crippen MR) is 60.7 cm³/mol. The Morgan fingerprint density at radius 2 is 1.33 bits per heavy atom. The second kappa shape index (κ2) is 6.79. The second-order valence-electron chi connectivity index (χ2n) is 4.91. The SMILES string of the molecule is CCC(CC(=C(C)C(=O)O)C(F)(F)C(F)(F)F)C(F)(F)C(F)(F)F. The fourth-order valence-corrected chi connectivity index (χ4v) is 1.82. The third kappa shape index (κ3) is 4.32. The Kier molecular flexibility index (Phi) is 6.37. The molecule has 0 spiro atoms. The first-order chi connectivity index (χ1) is 10.4. The minimum Gasteiger partial charge on any atom is -0.478 e. The van der Waals surface area contributed by atoms with Crippen LogP contribution in [0.2, 0.25) is 0 Å². The van der Waals surface area contributed by atoms with E-state index in [1.54, 1.807) is 0 Å². The average Bonchev–Trinajstić information content (AvgIpc) is 2.35. The number of alkyl halides is 10. The number of hydrogen-bond acceptors (Lipinski definition) is 1. The maximum atomic E-state index is 13.4. The lowest BCUT2D eigenvalue weighted by molar-refractivity contribution is -0.305. The summed E-state index contributed by atoms with van der Waals surface area (Å²) in [4.78, 5) is 10.7. The van der Waals surface area contributed by atoms with Gasteiger partial charge in [0.15, 0.2) is 0 Å². The number of carbonyl (C=O) groups is 1. The number of aliphatic carboxylic acids is 1. The van der Waals surface area contributed by atoms with E-state index in [1.165, 1.54) is 0 Å². The van der Waals surface area contributed by atoms with E-state index in [0.717, 1.165) is 6.92 Å². The molecule has 0 aliphatic carbocycles. The zero-order valence-corrected chi connectivity index (χ0v) is 12.1. The Morgan fingerprint density at radius 3 is 1.58 bits per heavy atom. The van der Waals surface area contributed by atoms with Crippen LogP contribution in [0.5, 0.6) is 0 Å². The van der Waals surface area contributed by atoms with Crippen molar-refractivity contribution in [2.75, 3.05) is 0 Å². The van der Waals surface area contributed by atoms with E-state index in [2.05, 4.69) is 0 Å². The van der Waals surface area contributed by atoms with E-state index in [9.17, 15) is 48.7 Å². The summed E-state index contributed by atoms with van der Waals surface area (Å²) in [5.41, 5.74) is -3.98. The van der Waals surface area contributed by atoms with Gasteiger partial charge in [-0.05, 0) is 19.8 Å². The third-order valence-electron chi connectivity index (χ3n) is 3.34. The normalized spacial score (nSPS) is 16.7. The van der Waals surface area contributed by atoms with Crippen molar-refractivity contribution in [1.29, 1.82) is 0 Å². The van der Waals surface area contributed by atoms with Crippen molar-refractivity contribution in [3.05, 3.63) is 11.1 Å². The van der Waals surface area contributed by atoms with Crippen LogP contribution in [0.4, 0.5) is 43.9 Å². The molecule has 0 aromatic rings. The Bertz CT molecular complexity index is 501. The quantitative estimate of drug-likeness (QED) is 0.510. The zero-order valence-electron chi connectivity index (χ0n) is 12.1. The monoisotopic (exact) mass is 378 g/mol. The molecule has 0 amide bonds. The molecule has 1 unspecified atom stereocenters. The van der Waals surface area contributed by atoms with Gasteiger partial charge in [0.05, 0.1) is 0 Å². The van der Waals surface area contributed by atoms with Crippen LogP contribution in [-0.2, 0) is 4.79 Å². The van der Waals surface area contributed by atoms with Crippen LogP contribution in [0.25, 0.3) is 0 Å². The Morgan fingerprint density at radius 1 is 0.917 bits per heavy atom. The van der Waals surface area contributed by atoms with Gasteiger partial charge in [0, 0.05) is 17.1 Å². The van der Waals surface area contributed by atoms with Crippen LogP contribution in [0, 0.1) is 5.92 Å². The minimum atomic E-state index is -6.36. The largest absolute Gasteiger partial charge is 0.478 e. The standard InChI is InChI=1S/C12H12F10O2/c1-3-6(9(13,14)11(17,18)19)4-7(5(2)8(23)24)10(15,16)12(20,21)22/h6H,3-4H2,1-2H3,(H,23,24). The van der Waals surface area contributed by atoms with E-state index in [0.29, 0.717) is 0 Å². The molecule has 0 heterocycles. The first kappa shape index (κ1) is 22.5. The van der Waals surface area contributed by atoms with Gasteiger partial charge in [0.1, 0.15) is 0 Å². The highest BCUT2D eigenvalue weighted by molar-refractivity contribution is 5.87. The van der Waals surface area contributed by atoms with Gasteiger partial charge in [-0.3, -0.25) is 0 Å². The van der Waals surface area contributed by atoms with Crippen molar-refractivity contribution in [3.8, 4) is 0 Å². The summed E-state index contributed by atoms with van der Waals surface area (Å²) in [6.07, 6.45) is -15.8. The number of allylic oxidation sites excluding steroid dienone is 1. The highest BCUT2D eigenvalue weighted by Crippen LogP contribution is 2.50. The average molecular weight is 378 g/mol. The molecule has 0 aliphatic rings. The Hall–Kier alpha value is -1.49. The van der Waals surface area contributed by atoms with Gasteiger partial charge in [-0.25, -0.2) is 4.79 Å². The number of carboxylic acid groups (broad SMARTS) is 1. The summed E-state index contributed by atoms with van der Waals surface area (Å²) in [5, 5.41) is 8.56. The molecule has 0 saturated carbocycles. The highest BCUT2D eigenvalue weighted by Gasteiger charge is 2.65. The molecule has 1 atom stereocenters. The van der Waals surface area contributed by atoms with Crippen molar-refractivity contribution in [3.63, 3.8) is 0 Å². The number of carboxylic acids is 1. The molecule has 0 rings (SSSR count). The van der Waals surface area contributed by atoms with Gasteiger partial charge < -0.3 is 5.11 Å². The Balaban J connectivity index is 6.18. The molecule has 0 saturated heterocycles. The molecule has 0 fully saturated rings. The Labute approximate surface area is 129 Å². The summed E-state index contributed by atoms with van der Waals surface area (Å²) in [5.74, 6) is -16.7. The molecule has 0 radical (unpaired) electrons. The molecular weight excluding hydrogens is 366 g/mol. The molecule has 1 N–H and O–H groups in total. The molecule has 24 heavy (non-hydrogen) atoms. The molecule has 2 nitrogen and oxygen atoms in total. The summed E-state index contributed by atoms with van der Waals surface area (Å²) >= 11 is 0. The van der Waals surface area contributed by atoms with Crippen molar-refractivity contribution in [2.45, 2.75) is 50.9 Å². The molecule has 0 aromatic carbocycles. The van der Waals surface area contributed by atoms with Gasteiger partial charge in [-0.15, -0.1) is 0 Å². The fourth-order valence-electron chi connectivity index (χ4n) is 1.82. The first-order valence-corrected chi connectivity index (χ1v) is 6.23. The van der Waals surface area contributed by atoms with E-state index in [4.69, 9.17) is 5.11 Å². The molecule has 0 aliphatic heterocycles. The van der Waals surface area contributed by atoms with Gasteiger partial charge >= 0.3 is 30.2 Å². The highest BCUT2D eigenvalue weighted by atomic mass is 19.4. The lowest BCUT2D eigenvalue weighted by Crippen LogP contribution is -2.46. The van der Waals surface area contributed by atoms with Crippen LogP contribution < -0.4 is 0 Å². The van der Waals surface area contributed by atoms with Gasteiger partial charge in [0.25, 0.3) is 0 Å². The van der Waals surface area contributed by atoms with E-state index in [-0.39, 0.29) is 6.92 Å². The van der Waals surface area contributed by atoms with Crippen LogP contribution in [0.15, 0.2) is 11.1 Å². The predicted octanol–water partition coefficient (Wildman–Crippen LogP) is 5.20. The second-order valence-corrected chi connectivity index (χ2v) is 4.91. The van der Waals surface area contributed by atoms with Crippen LogP contribution in [0.3, 0.4) is 0 Å². The zero-order chi connectivity index (χ0) is 19.7. The topological polar surface area (TPSA) is 37.3 Å². The van der Waals surface area contributed by atoms with Crippen LogP contribution in [-0.4, -0.2) is 35.3 Å². The van der Waals surface area contributed by atoms with Crippen molar-refractivity contribution >= 4 is 5.97 Å². The number of halogens is 10. The summed E-state index contributed by atoms with van der Waals surface area (Å²) in [6.45, 7) is 1.000. The van der Waals surface area contributed by atoms with E-state index in [1.807, 2.05) is 0 Å². The first-order valence-electron chi connectivity index (χ1n) is 6.23. The van der Waals surface area contributed by atoms with Gasteiger partial charge in [-0.2, -0.15) is 43.9 Å². The van der Waals surface area contributed by atoms with Crippen molar-refractivity contribution in [1.82, 2.24) is 0 Å². The van der Waals surface area contributed by atoms with Crippen molar-refractivity contribution in [2.24, 2.45) is 5.92 Å². The van der Waals surface area contributed by atoms with E-state index >= 15 is 0 Å². The maximum Gasteiger partial charge on any atom is 0.457 e. The summed E-state index contributed by atoms with van der Waals surface area (Å²) in [6, 6.07) is 0. The molecular formula is C12H12F10O2. The number of rotatable bonds is 6. The molecule has 12 heteroatoms. The van der Waals surface area contributed by atoms with Crippen molar-refractivity contribution < 1.29 is 53.8 Å². The van der Waals surface area contributed by atoms with Crippen LogP contribution in [0.1, 0.15) is 26.7 Å². The number of hydrogen-bond donors (Lipinski definition) is 1. The lowest BCUT2D eigenvalue weighted by Gasteiger charge is -2.31. The summed E-state index contributed by atoms with van der Waals surface area (Å²) < 4.78 is 128. The molecule has 142 valence electrons. The van der Waals surface area contributed by atoms with Gasteiger partial charge in [0.2, 0.25) is 0 Å². The maximum absolute atomic E-state index is 13.4. The molecule has 0 aromatic heterocycles. The summed E-state index contributed by atoms with van der Waals surface area (Å²) in [7, 11) is 0.